The Labute approximate surface area is 150 Å². The fourth-order valence-corrected chi connectivity index (χ4v) is 2.35. The van der Waals surface area contributed by atoms with Gasteiger partial charge in [0.15, 0.2) is 0 Å². The van der Waals surface area contributed by atoms with Crippen molar-refractivity contribution < 1.29 is 9.53 Å². The number of halogens is 2. The number of ether oxygens (including phenoxy) is 1. The van der Waals surface area contributed by atoms with Gasteiger partial charge in [0.2, 0.25) is 5.91 Å². The summed E-state index contributed by atoms with van der Waals surface area (Å²) in [5, 5.41) is 2.79. The number of carbonyl (C=O) groups is 1. The van der Waals surface area contributed by atoms with E-state index in [1.807, 2.05) is 24.3 Å². The minimum Gasteiger partial charge on any atom is -0.492 e. The summed E-state index contributed by atoms with van der Waals surface area (Å²) in [4.78, 5) is 13.8. The van der Waals surface area contributed by atoms with Crippen LogP contribution in [0.3, 0.4) is 0 Å². The lowest BCUT2D eigenvalue weighted by Crippen LogP contribution is -2.37. The summed E-state index contributed by atoms with van der Waals surface area (Å²) in [6, 6.07) is 7.34. The van der Waals surface area contributed by atoms with Gasteiger partial charge in [0, 0.05) is 13.1 Å². The van der Waals surface area contributed by atoms with E-state index in [1.165, 1.54) is 25.9 Å². The largest absolute Gasteiger partial charge is 0.492 e. The van der Waals surface area contributed by atoms with Crippen LogP contribution < -0.4 is 15.8 Å². The molecule has 132 valence electrons. The summed E-state index contributed by atoms with van der Waals surface area (Å²) in [5.74, 6) is 0.734. The van der Waals surface area contributed by atoms with Gasteiger partial charge in [0.25, 0.3) is 0 Å². The maximum atomic E-state index is 11.4. The minimum absolute atomic E-state index is 0. The molecule has 0 unspecified atom stereocenters. The molecule has 0 aromatic heterocycles. The van der Waals surface area contributed by atoms with E-state index in [0.717, 1.165) is 24.5 Å². The average molecular weight is 364 g/mol. The van der Waals surface area contributed by atoms with Crippen LogP contribution in [0.25, 0.3) is 0 Å². The van der Waals surface area contributed by atoms with Crippen LogP contribution in [0.5, 0.6) is 5.75 Å². The second-order valence-electron chi connectivity index (χ2n) is 5.55. The number of nitrogens with one attached hydrogen (secondary N) is 1. The third-order valence-corrected chi connectivity index (χ3v) is 3.68. The number of amides is 1. The van der Waals surface area contributed by atoms with Gasteiger partial charge in [-0.05, 0) is 50.6 Å². The van der Waals surface area contributed by atoms with Crippen molar-refractivity contribution >= 4 is 30.7 Å². The molecule has 1 aliphatic heterocycles. The first-order valence-electron chi connectivity index (χ1n) is 7.62. The number of carbonyl (C=O) groups excluding carboxylic acids is 1. The predicted octanol–water partition coefficient (Wildman–Crippen LogP) is 1.97. The van der Waals surface area contributed by atoms with E-state index in [1.54, 1.807) is 6.92 Å². The lowest BCUT2D eigenvalue weighted by molar-refractivity contribution is -0.122. The van der Waals surface area contributed by atoms with Gasteiger partial charge in [-0.2, -0.15) is 0 Å². The fourth-order valence-electron chi connectivity index (χ4n) is 2.35. The molecule has 0 bridgehead atoms. The zero-order valence-electron chi connectivity index (χ0n) is 13.5. The maximum absolute atomic E-state index is 11.4. The number of likely N-dealkylation sites (tertiary alicyclic amines) is 1. The van der Waals surface area contributed by atoms with E-state index in [4.69, 9.17) is 10.5 Å². The molecule has 7 heteroatoms. The van der Waals surface area contributed by atoms with E-state index in [0.29, 0.717) is 6.54 Å². The van der Waals surface area contributed by atoms with Crippen LogP contribution in [0.1, 0.15) is 25.3 Å². The molecule has 3 N–H and O–H groups in total. The normalized spacial score (nSPS) is 15.2. The van der Waals surface area contributed by atoms with Crippen molar-refractivity contribution in [2.75, 3.05) is 26.2 Å². The summed E-state index contributed by atoms with van der Waals surface area (Å²) >= 11 is 0. The Morgan fingerprint density at radius 2 is 1.87 bits per heavy atom. The predicted molar refractivity (Wildman–Crippen MR) is 97.6 cm³/mol. The van der Waals surface area contributed by atoms with Crippen LogP contribution in [-0.2, 0) is 11.3 Å². The highest BCUT2D eigenvalue weighted by Gasteiger charge is 2.10. The highest BCUT2D eigenvalue weighted by molar-refractivity contribution is 5.85. The number of hydrogen-bond donors (Lipinski definition) is 2. The number of rotatable bonds is 7. The van der Waals surface area contributed by atoms with Crippen LogP contribution in [0.4, 0.5) is 0 Å². The molecular weight excluding hydrogens is 337 g/mol. The summed E-state index contributed by atoms with van der Waals surface area (Å²) < 4.78 is 5.74. The van der Waals surface area contributed by atoms with E-state index < -0.39 is 6.04 Å². The molecule has 1 atom stereocenters. The Morgan fingerprint density at radius 3 is 2.43 bits per heavy atom. The van der Waals surface area contributed by atoms with Gasteiger partial charge in [-0.3, -0.25) is 9.69 Å². The van der Waals surface area contributed by atoms with E-state index in [-0.39, 0.29) is 30.7 Å². The molecule has 0 aliphatic carbocycles. The van der Waals surface area contributed by atoms with Crippen LogP contribution in [0, 0.1) is 0 Å². The summed E-state index contributed by atoms with van der Waals surface area (Å²) in [5.41, 5.74) is 6.53. The molecule has 1 heterocycles. The van der Waals surface area contributed by atoms with Crippen molar-refractivity contribution in [3.05, 3.63) is 29.8 Å². The molecule has 1 aliphatic rings. The Balaban J connectivity index is 0.00000242. The summed E-state index contributed by atoms with van der Waals surface area (Å²) in [7, 11) is 0. The summed E-state index contributed by atoms with van der Waals surface area (Å²) in [6.07, 6.45) is 2.61. The smallest absolute Gasteiger partial charge is 0.236 e. The SMILES string of the molecule is C[C@@H](N)C(=O)NCc1ccc(OCCN2CCCC2)cc1.Cl.Cl. The molecule has 2 rings (SSSR count). The quantitative estimate of drug-likeness (QED) is 0.776. The highest BCUT2D eigenvalue weighted by atomic mass is 35.5. The standard InChI is InChI=1S/C16H25N3O2.2ClH/c1-13(17)16(20)18-12-14-4-6-15(7-5-14)21-11-10-19-8-2-3-9-19;;/h4-7,13H,2-3,8-12,17H2,1H3,(H,18,20);2*1H/t13-;;/m1../s1. The minimum atomic E-state index is -0.474. The molecule has 1 saturated heterocycles. The second kappa shape index (κ2) is 11.5. The van der Waals surface area contributed by atoms with Crippen molar-refractivity contribution in [1.82, 2.24) is 10.2 Å². The lowest BCUT2D eigenvalue weighted by atomic mass is 10.2. The molecule has 23 heavy (non-hydrogen) atoms. The van der Waals surface area contributed by atoms with Crippen LogP contribution in [-0.4, -0.2) is 43.1 Å². The zero-order valence-corrected chi connectivity index (χ0v) is 15.1. The van der Waals surface area contributed by atoms with Crippen molar-refractivity contribution in [2.45, 2.75) is 32.4 Å². The van der Waals surface area contributed by atoms with Gasteiger partial charge in [-0.15, -0.1) is 24.8 Å². The third kappa shape index (κ3) is 7.88. The Hall–Kier alpha value is -1.01. The molecule has 0 spiro atoms. The second-order valence-corrected chi connectivity index (χ2v) is 5.55. The first kappa shape index (κ1) is 22.0. The molecule has 1 aromatic rings. The van der Waals surface area contributed by atoms with E-state index >= 15 is 0 Å². The van der Waals surface area contributed by atoms with Crippen LogP contribution in [0.2, 0.25) is 0 Å². The first-order valence-corrected chi connectivity index (χ1v) is 7.62. The topological polar surface area (TPSA) is 67.6 Å². The summed E-state index contributed by atoms with van der Waals surface area (Å²) in [6.45, 7) is 6.27. The third-order valence-electron chi connectivity index (χ3n) is 3.68. The number of benzene rings is 1. The lowest BCUT2D eigenvalue weighted by Gasteiger charge is -2.15. The Bertz CT molecular complexity index is 449. The monoisotopic (exact) mass is 363 g/mol. The van der Waals surface area contributed by atoms with Crippen LogP contribution >= 0.6 is 24.8 Å². The molecule has 5 nitrogen and oxygen atoms in total. The zero-order chi connectivity index (χ0) is 15.1. The molecule has 1 amide bonds. The van der Waals surface area contributed by atoms with Gasteiger partial charge in [0.05, 0.1) is 6.04 Å². The number of hydrogen-bond acceptors (Lipinski definition) is 4. The maximum Gasteiger partial charge on any atom is 0.236 e. The molecular formula is C16H27Cl2N3O2. The van der Waals surface area contributed by atoms with Crippen molar-refractivity contribution in [1.29, 1.82) is 0 Å². The molecule has 0 radical (unpaired) electrons. The first-order chi connectivity index (χ1) is 10.1. The van der Waals surface area contributed by atoms with Crippen LogP contribution in [0.15, 0.2) is 24.3 Å². The number of nitrogens with two attached hydrogens (primary N) is 1. The Kier molecular flexibility index (Phi) is 11.0. The van der Waals surface area contributed by atoms with Gasteiger partial charge in [0.1, 0.15) is 12.4 Å². The van der Waals surface area contributed by atoms with Crippen molar-refractivity contribution in [2.24, 2.45) is 5.73 Å². The Morgan fingerprint density at radius 1 is 1.26 bits per heavy atom. The van der Waals surface area contributed by atoms with E-state index in [2.05, 4.69) is 10.2 Å². The molecule has 0 saturated carbocycles. The van der Waals surface area contributed by atoms with Crippen molar-refractivity contribution in [3.63, 3.8) is 0 Å². The fraction of sp³-hybridized carbons (Fsp3) is 0.562. The van der Waals surface area contributed by atoms with Gasteiger partial charge in [-0.1, -0.05) is 12.1 Å². The van der Waals surface area contributed by atoms with E-state index in [9.17, 15) is 4.79 Å². The highest BCUT2D eigenvalue weighted by Crippen LogP contribution is 2.13. The van der Waals surface area contributed by atoms with Gasteiger partial charge >= 0.3 is 0 Å². The van der Waals surface area contributed by atoms with Gasteiger partial charge < -0.3 is 15.8 Å². The average Bonchev–Trinajstić information content (AvgIpc) is 2.99. The number of nitrogens with zero attached hydrogens (tertiary/aromatic N) is 1. The van der Waals surface area contributed by atoms with Crippen molar-refractivity contribution in [3.8, 4) is 5.75 Å². The molecule has 1 fully saturated rings. The van der Waals surface area contributed by atoms with Gasteiger partial charge in [-0.25, -0.2) is 0 Å². The molecule has 1 aromatic carbocycles.